The number of carbonyl (C=O) groups is 1. The summed E-state index contributed by atoms with van der Waals surface area (Å²) in [5, 5.41) is 9.60. The molecule has 4 N–H and O–H groups in total. The average Bonchev–Trinajstić information content (AvgIpc) is 2.88. The molecule has 98 valence electrons. The van der Waals surface area contributed by atoms with Crippen molar-refractivity contribution in [2.45, 2.75) is 19.6 Å². The lowest BCUT2D eigenvalue weighted by Gasteiger charge is -2.23. The van der Waals surface area contributed by atoms with Crippen LogP contribution in [0.2, 0.25) is 0 Å². The molecule has 1 aliphatic heterocycles. The van der Waals surface area contributed by atoms with E-state index >= 15 is 0 Å². The van der Waals surface area contributed by atoms with E-state index in [0.717, 1.165) is 5.56 Å². The number of ether oxygens (including phenoxy) is 1. The lowest BCUT2D eigenvalue weighted by atomic mass is 10.1. The fraction of sp³-hybridized carbons (Fsp3) is 0.250. The number of fused-ring (bicyclic) bond motifs is 1. The van der Waals surface area contributed by atoms with Crippen LogP contribution in [0.5, 0.6) is 5.75 Å². The quantitative estimate of drug-likeness (QED) is 0.734. The van der Waals surface area contributed by atoms with Gasteiger partial charge in [0.25, 0.3) is 5.91 Å². The first-order valence-electron chi connectivity index (χ1n) is 5.90. The van der Waals surface area contributed by atoms with Gasteiger partial charge in [-0.1, -0.05) is 0 Å². The monoisotopic (exact) mass is 259 g/mol. The van der Waals surface area contributed by atoms with Gasteiger partial charge in [-0.3, -0.25) is 9.89 Å². The second-order valence-electron chi connectivity index (χ2n) is 4.27. The third-order valence-electron chi connectivity index (χ3n) is 2.89. The molecule has 1 aromatic heterocycles. The summed E-state index contributed by atoms with van der Waals surface area (Å²) >= 11 is 0. The molecular weight excluding hydrogens is 246 g/mol. The van der Waals surface area contributed by atoms with Crippen LogP contribution in [0, 0.1) is 0 Å². The van der Waals surface area contributed by atoms with Crippen LogP contribution in [-0.2, 0) is 11.3 Å². The predicted molar refractivity (Wildman–Crippen MR) is 68.4 cm³/mol. The lowest BCUT2D eigenvalue weighted by Crippen LogP contribution is -2.34. The third-order valence-corrected chi connectivity index (χ3v) is 2.89. The minimum atomic E-state index is -0.481. The molecule has 0 aliphatic carbocycles. The Morgan fingerprint density at radius 2 is 2.32 bits per heavy atom. The fourth-order valence-corrected chi connectivity index (χ4v) is 1.86. The highest BCUT2D eigenvalue weighted by Gasteiger charge is 2.23. The molecule has 1 aromatic carbocycles. The SMILES string of the molecule is CC1Oc2ccc(-c3n[nH]c(CN)n3)cc2NC1=O. The van der Waals surface area contributed by atoms with Gasteiger partial charge in [0.2, 0.25) is 0 Å². The summed E-state index contributed by atoms with van der Waals surface area (Å²) in [4.78, 5) is 15.8. The summed E-state index contributed by atoms with van der Waals surface area (Å²) in [7, 11) is 0. The van der Waals surface area contributed by atoms with Crippen LogP contribution < -0.4 is 15.8 Å². The smallest absolute Gasteiger partial charge is 0.265 e. The Morgan fingerprint density at radius 1 is 1.47 bits per heavy atom. The number of aromatic amines is 1. The summed E-state index contributed by atoms with van der Waals surface area (Å²) in [5.74, 6) is 1.63. The van der Waals surface area contributed by atoms with E-state index in [4.69, 9.17) is 10.5 Å². The molecule has 0 bridgehead atoms. The Balaban J connectivity index is 1.97. The first kappa shape index (κ1) is 11.7. The van der Waals surface area contributed by atoms with Gasteiger partial charge >= 0.3 is 0 Å². The maximum Gasteiger partial charge on any atom is 0.265 e. The number of nitrogens with zero attached hydrogens (tertiary/aromatic N) is 2. The minimum Gasteiger partial charge on any atom is -0.479 e. The van der Waals surface area contributed by atoms with Gasteiger partial charge < -0.3 is 15.8 Å². The van der Waals surface area contributed by atoms with Gasteiger partial charge in [-0.2, -0.15) is 5.10 Å². The Labute approximate surface area is 109 Å². The Morgan fingerprint density at radius 3 is 3.05 bits per heavy atom. The standard InChI is InChI=1S/C12H13N5O2/c1-6-12(18)14-8-4-7(2-3-9(8)19-6)11-15-10(5-13)16-17-11/h2-4,6H,5,13H2,1H3,(H,14,18)(H,15,16,17). The van der Waals surface area contributed by atoms with Crippen molar-refractivity contribution in [3.63, 3.8) is 0 Å². The highest BCUT2D eigenvalue weighted by atomic mass is 16.5. The molecule has 19 heavy (non-hydrogen) atoms. The topological polar surface area (TPSA) is 106 Å². The number of nitrogens with two attached hydrogens (primary N) is 1. The van der Waals surface area contributed by atoms with E-state index in [2.05, 4.69) is 20.5 Å². The summed E-state index contributed by atoms with van der Waals surface area (Å²) in [5.41, 5.74) is 6.88. The maximum absolute atomic E-state index is 11.6. The molecule has 1 aliphatic rings. The number of carbonyl (C=O) groups excluding carboxylic acids is 1. The number of nitrogens with one attached hydrogen (secondary N) is 2. The highest BCUT2D eigenvalue weighted by molar-refractivity contribution is 5.98. The molecule has 1 atom stereocenters. The molecule has 0 fully saturated rings. The zero-order chi connectivity index (χ0) is 13.4. The molecule has 0 spiro atoms. The second kappa shape index (κ2) is 4.36. The Hall–Kier alpha value is -2.41. The molecule has 7 nitrogen and oxygen atoms in total. The number of H-pyrrole nitrogens is 1. The predicted octanol–water partition coefficient (Wildman–Crippen LogP) is 0.650. The first-order chi connectivity index (χ1) is 9.17. The molecule has 2 aromatic rings. The van der Waals surface area contributed by atoms with E-state index in [0.29, 0.717) is 29.6 Å². The number of anilines is 1. The van der Waals surface area contributed by atoms with Gasteiger partial charge in [-0.15, -0.1) is 0 Å². The molecule has 0 saturated heterocycles. The maximum atomic E-state index is 11.6. The number of hydrogen-bond acceptors (Lipinski definition) is 5. The molecule has 7 heteroatoms. The van der Waals surface area contributed by atoms with E-state index in [9.17, 15) is 4.79 Å². The second-order valence-corrected chi connectivity index (χ2v) is 4.27. The summed E-state index contributed by atoms with van der Waals surface area (Å²) in [6, 6.07) is 5.41. The normalized spacial score (nSPS) is 17.6. The van der Waals surface area contributed by atoms with E-state index in [1.165, 1.54) is 0 Å². The third kappa shape index (κ3) is 2.04. The van der Waals surface area contributed by atoms with Crippen LogP contribution in [0.25, 0.3) is 11.4 Å². The number of benzene rings is 1. The largest absolute Gasteiger partial charge is 0.479 e. The Bertz CT molecular complexity index is 637. The van der Waals surface area contributed by atoms with Gasteiger partial charge in [0.05, 0.1) is 12.2 Å². The zero-order valence-electron chi connectivity index (χ0n) is 10.3. The molecular formula is C12H13N5O2. The van der Waals surface area contributed by atoms with Crippen molar-refractivity contribution in [2.24, 2.45) is 5.73 Å². The summed E-state index contributed by atoms with van der Waals surface area (Å²) in [6.07, 6.45) is -0.481. The summed E-state index contributed by atoms with van der Waals surface area (Å²) in [6.45, 7) is 2.00. The molecule has 3 rings (SSSR count). The fourth-order valence-electron chi connectivity index (χ4n) is 1.86. The minimum absolute atomic E-state index is 0.165. The van der Waals surface area contributed by atoms with Crippen molar-refractivity contribution in [3.8, 4) is 17.1 Å². The molecule has 2 heterocycles. The van der Waals surface area contributed by atoms with E-state index in [1.807, 2.05) is 6.07 Å². The van der Waals surface area contributed by atoms with Gasteiger partial charge in [-0.05, 0) is 25.1 Å². The van der Waals surface area contributed by atoms with Crippen LogP contribution >= 0.6 is 0 Å². The van der Waals surface area contributed by atoms with Crippen LogP contribution in [0.3, 0.4) is 0 Å². The highest BCUT2D eigenvalue weighted by Crippen LogP contribution is 2.32. The van der Waals surface area contributed by atoms with E-state index in [1.54, 1.807) is 19.1 Å². The van der Waals surface area contributed by atoms with E-state index < -0.39 is 6.10 Å². The van der Waals surface area contributed by atoms with Gasteiger partial charge in [0.15, 0.2) is 11.9 Å². The molecule has 0 saturated carbocycles. The number of rotatable bonds is 2. The number of hydrogen-bond donors (Lipinski definition) is 3. The van der Waals surface area contributed by atoms with Crippen LogP contribution in [-0.4, -0.2) is 27.2 Å². The number of aromatic nitrogens is 3. The van der Waals surface area contributed by atoms with Gasteiger partial charge in [0, 0.05) is 5.56 Å². The van der Waals surface area contributed by atoms with E-state index in [-0.39, 0.29) is 5.91 Å². The van der Waals surface area contributed by atoms with Crippen molar-refractivity contribution in [2.75, 3.05) is 5.32 Å². The van der Waals surface area contributed by atoms with Crippen molar-refractivity contribution in [3.05, 3.63) is 24.0 Å². The first-order valence-corrected chi connectivity index (χ1v) is 5.90. The average molecular weight is 259 g/mol. The summed E-state index contributed by atoms with van der Waals surface area (Å²) < 4.78 is 5.48. The van der Waals surface area contributed by atoms with Crippen LogP contribution in [0.15, 0.2) is 18.2 Å². The number of amides is 1. The zero-order valence-corrected chi connectivity index (χ0v) is 10.3. The van der Waals surface area contributed by atoms with Crippen molar-refractivity contribution >= 4 is 11.6 Å². The van der Waals surface area contributed by atoms with Crippen molar-refractivity contribution < 1.29 is 9.53 Å². The van der Waals surface area contributed by atoms with Crippen molar-refractivity contribution in [1.29, 1.82) is 0 Å². The Kier molecular flexibility index (Phi) is 2.68. The molecule has 0 radical (unpaired) electrons. The van der Waals surface area contributed by atoms with Gasteiger partial charge in [-0.25, -0.2) is 4.98 Å². The lowest BCUT2D eigenvalue weighted by molar-refractivity contribution is -0.122. The molecule has 1 unspecified atom stereocenters. The van der Waals surface area contributed by atoms with Crippen LogP contribution in [0.4, 0.5) is 5.69 Å². The van der Waals surface area contributed by atoms with Crippen LogP contribution in [0.1, 0.15) is 12.7 Å². The van der Waals surface area contributed by atoms with Crippen molar-refractivity contribution in [1.82, 2.24) is 15.2 Å². The van der Waals surface area contributed by atoms with Gasteiger partial charge in [0.1, 0.15) is 11.6 Å². The molecule has 1 amide bonds.